The van der Waals surface area contributed by atoms with Gasteiger partial charge in [0.15, 0.2) is 0 Å². The Bertz CT molecular complexity index is 652. The lowest BCUT2D eigenvalue weighted by molar-refractivity contribution is 0.396. The Morgan fingerprint density at radius 1 is 0.958 bits per heavy atom. The molecule has 0 amide bonds. The van der Waals surface area contributed by atoms with Crippen LogP contribution in [0.5, 0.6) is 17.2 Å². The maximum absolute atomic E-state index is 5.47. The fraction of sp³-hybridized carbons (Fsp3) is 0.333. The van der Waals surface area contributed by atoms with Gasteiger partial charge in [-0.3, -0.25) is 0 Å². The lowest BCUT2D eigenvalue weighted by atomic mass is 10.1. The topological polar surface area (TPSA) is 39.7 Å². The van der Waals surface area contributed by atoms with Gasteiger partial charge in [0.2, 0.25) is 0 Å². The fourth-order valence-electron chi connectivity index (χ4n) is 2.36. The van der Waals surface area contributed by atoms with Crippen molar-refractivity contribution in [3.05, 3.63) is 51.1 Å². The summed E-state index contributed by atoms with van der Waals surface area (Å²) in [5.41, 5.74) is 2.35. The molecule has 0 aliphatic heterocycles. The minimum atomic E-state index is 0. The fourth-order valence-corrected chi connectivity index (χ4v) is 3.02. The van der Waals surface area contributed by atoms with E-state index in [9.17, 15) is 0 Å². The van der Waals surface area contributed by atoms with E-state index in [1.807, 2.05) is 30.3 Å². The first-order chi connectivity index (χ1) is 11.2. The molecule has 24 heavy (non-hydrogen) atoms. The first-order valence-corrected chi connectivity index (χ1v) is 8.50. The average molecular weight is 464 g/mol. The number of benzene rings is 2. The molecule has 4 nitrogen and oxygen atoms in total. The molecule has 0 spiro atoms. The number of rotatable bonds is 8. The van der Waals surface area contributed by atoms with Gasteiger partial charge in [0.1, 0.15) is 17.2 Å². The molecule has 2 aromatic rings. The first-order valence-electron chi connectivity index (χ1n) is 7.42. The number of hydrogen-bond acceptors (Lipinski definition) is 4. The Kier molecular flexibility index (Phi) is 9.25. The molecule has 0 atom stereocenters. The van der Waals surface area contributed by atoms with E-state index in [0.717, 1.165) is 45.9 Å². The van der Waals surface area contributed by atoms with E-state index in [-0.39, 0.29) is 12.4 Å². The maximum atomic E-state index is 5.47. The zero-order valence-electron chi connectivity index (χ0n) is 14.1. The Balaban J connectivity index is 0.00000288. The van der Waals surface area contributed by atoms with Gasteiger partial charge in [0.05, 0.1) is 24.9 Å². The summed E-state index contributed by atoms with van der Waals surface area (Å²) in [4.78, 5) is 0. The van der Waals surface area contributed by atoms with Crippen LogP contribution in [0.15, 0.2) is 36.4 Å². The van der Waals surface area contributed by atoms with Crippen molar-refractivity contribution in [3.63, 3.8) is 0 Å². The van der Waals surface area contributed by atoms with E-state index < -0.39 is 0 Å². The third-order valence-electron chi connectivity index (χ3n) is 3.59. The Morgan fingerprint density at radius 3 is 2.38 bits per heavy atom. The Labute approximate surface area is 163 Å². The van der Waals surface area contributed by atoms with Gasteiger partial charge in [-0.05, 0) is 70.9 Å². The molecule has 6 heteroatoms. The monoisotopic (exact) mass is 463 g/mol. The highest BCUT2D eigenvalue weighted by Crippen LogP contribution is 2.30. The molecule has 0 unspecified atom stereocenters. The van der Waals surface area contributed by atoms with Crippen molar-refractivity contribution < 1.29 is 14.2 Å². The second-order valence-corrected chi connectivity index (χ2v) is 6.24. The predicted octanol–water partition coefficient (Wildman–Crippen LogP) is 4.07. The minimum absolute atomic E-state index is 0. The van der Waals surface area contributed by atoms with Crippen LogP contribution in [0, 0.1) is 3.57 Å². The second kappa shape index (κ2) is 10.6. The molecule has 0 fully saturated rings. The molecule has 0 aromatic heterocycles. The normalized spacial score (nSPS) is 10.0. The Morgan fingerprint density at radius 2 is 1.71 bits per heavy atom. The van der Waals surface area contributed by atoms with Gasteiger partial charge < -0.3 is 19.5 Å². The third kappa shape index (κ3) is 5.72. The van der Waals surface area contributed by atoms with Crippen molar-refractivity contribution in [2.45, 2.75) is 13.0 Å². The standard InChI is InChI=1S/C18H22INO3.ClH/c1-21-15-6-4-5-13(9-15)12-20-8-7-14-10-18(23-3)16(19)11-17(14)22-2;/h4-6,9-11,20H,7-8,12H2,1-3H3;1H. The number of halogens is 2. The second-order valence-electron chi connectivity index (χ2n) is 5.08. The van der Waals surface area contributed by atoms with Crippen LogP contribution in [0.25, 0.3) is 0 Å². The zero-order valence-corrected chi connectivity index (χ0v) is 17.1. The zero-order chi connectivity index (χ0) is 16.7. The molecule has 1 N–H and O–H groups in total. The van der Waals surface area contributed by atoms with Crippen molar-refractivity contribution in [1.82, 2.24) is 5.32 Å². The predicted molar refractivity (Wildman–Crippen MR) is 108 cm³/mol. The van der Waals surface area contributed by atoms with Gasteiger partial charge in [-0.1, -0.05) is 12.1 Å². The number of ether oxygens (including phenoxy) is 3. The summed E-state index contributed by atoms with van der Waals surface area (Å²) in [6, 6.07) is 12.1. The van der Waals surface area contributed by atoms with Gasteiger partial charge in [-0.25, -0.2) is 0 Å². The van der Waals surface area contributed by atoms with Crippen LogP contribution in [0.1, 0.15) is 11.1 Å². The molecule has 0 saturated carbocycles. The van der Waals surface area contributed by atoms with E-state index in [2.05, 4.69) is 34.0 Å². The quantitative estimate of drug-likeness (QED) is 0.473. The van der Waals surface area contributed by atoms with Crippen molar-refractivity contribution >= 4 is 35.0 Å². The summed E-state index contributed by atoms with van der Waals surface area (Å²) >= 11 is 2.25. The van der Waals surface area contributed by atoms with Gasteiger partial charge in [0.25, 0.3) is 0 Å². The van der Waals surface area contributed by atoms with Gasteiger partial charge in [-0.15, -0.1) is 12.4 Å². The van der Waals surface area contributed by atoms with Crippen LogP contribution in [0.2, 0.25) is 0 Å². The van der Waals surface area contributed by atoms with Crippen LogP contribution in [-0.4, -0.2) is 27.9 Å². The van der Waals surface area contributed by atoms with Crippen molar-refractivity contribution in [2.24, 2.45) is 0 Å². The maximum Gasteiger partial charge on any atom is 0.132 e. The molecule has 2 aromatic carbocycles. The highest BCUT2D eigenvalue weighted by molar-refractivity contribution is 14.1. The molecular formula is C18H23ClINO3. The molecule has 0 saturated heterocycles. The summed E-state index contributed by atoms with van der Waals surface area (Å²) in [6.07, 6.45) is 0.875. The largest absolute Gasteiger partial charge is 0.497 e. The molecule has 132 valence electrons. The Hall–Kier alpha value is -1.18. The number of hydrogen-bond donors (Lipinski definition) is 1. The van der Waals surface area contributed by atoms with Crippen molar-refractivity contribution in [1.29, 1.82) is 0 Å². The highest BCUT2D eigenvalue weighted by atomic mass is 127. The molecular weight excluding hydrogens is 441 g/mol. The summed E-state index contributed by atoms with van der Waals surface area (Å²) in [5, 5.41) is 3.45. The van der Waals surface area contributed by atoms with Gasteiger partial charge in [-0.2, -0.15) is 0 Å². The van der Waals surface area contributed by atoms with Crippen molar-refractivity contribution in [3.8, 4) is 17.2 Å². The van der Waals surface area contributed by atoms with Gasteiger partial charge >= 0.3 is 0 Å². The van der Waals surface area contributed by atoms with Crippen LogP contribution in [-0.2, 0) is 13.0 Å². The van der Waals surface area contributed by atoms with Gasteiger partial charge in [0, 0.05) is 6.54 Å². The van der Waals surface area contributed by atoms with Crippen LogP contribution in [0.4, 0.5) is 0 Å². The van der Waals surface area contributed by atoms with E-state index in [1.165, 1.54) is 5.56 Å². The summed E-state index contributed by atoms with van der Waals surface area (Å²) in [5.74, 6) is 2.67. The molecule has 0 radical (unpaired) electrons. The van der Waals surface area contributed by atoms with E-state index in [1.54, 1.807) is 21.3 Å². The molecule has 0 bridgehead atoms. The third-order valence-corrected chi connectivity index (χ3v) is 4.43. The smallest absolute Gasteiger partial charge is 0.132 e. The summed E-state index contributed by atoms with van der Waals surface area (Å²) in [6.45, 7) is 1.67. The highest BCUT2D eigenvalue weighted by Gasteiger charge is 2.09. The number of methoxy groups -OCH3 is 3. The lowest BCUT2D eigenvalue weighted by Crippen LogP contribution is -2.17. The summed E-state index contributed by atoms with van der Waals surface area (Å²) < 4.78 is 17.1. The average Bonchev–Trinajstić information content (AvgIpc) is 2.59. The lowest BCUT2D eigenvalue weighted by Gasteiger charge is -2.13. The molecule has 0 aliphatic rings. The first kappa shape index (κ1) is 20.9. The van der Waals surface area contributed by atoms with E-state index in [0.29, 0.717) is 0 Å². The van der Waals surface area contributed by atoms with Crippen molar-refractivity contribution in [2.75, 3.05) is 27.9 Å². The minimum Gasteiger partial charge on any atom is -0.497 e. The van der Waals surface area contributed by atoms with Crippen LogP contribution < -0.4 is 19.5 Å². The van der Waals surface area contributed by atoms with E-state index in [4.69, 9.17) is 14.2 Å². The van der Waals surface area contributed by atoms with Crippen LogP contribution >= 0.6 is 35.0 Å². The van der Waals surface area contributed by atoms with E-state index >= 15 is 0 Å². The molecule has 0 aliphatic carbocycles. The molecule has 0 heterocycles. The van der Waals surface area contributed by atoms with Crippen LogP contribution in [0.3, 0.4) is 0 Å². The summed E-state index contributed by atoms with van der Waals surface area (Å²) in [7, 11) is 5.07. The molecule has 2 rings (SSSR count). The number of nitrogens with one attached hydrogen (secondary N) is 1. The SMILES string of the molecule is COc1cccc(CNCCc2cc(OC)c(I)cc2OC)c1.Cl.